The van der Waals surface area contributed by atoms with Crippen molar-refractivity contribution < 1.29 is 13.9 Å². The van der Waals surface area contributed by atoms with Crippen LogP contribution in [0.4, 0.5) is 4.39 Å². The molecule has 3 N–H and O–H groups in total. The zero-order valence-corrected chi connectivity index (χ0v) is 15.1. The molecule has 0 bridgehead atoms. The molecule has 2 aromatic rings. The lowest BCUT2D eigenvalue weighted by molar-refractivity contribution is -0.118. The van der Waals surface area contributed by atoms with E-state index in [1.54, 1.807) is 12.1 Å². The number of aromatic nitrogens is 3. The molecule has 0 aliphatic carbocycles. The number of nitrogens with zero attached hydrogens (tertiary/aromatic N) is 3. The molecule has 0 spiro atoms. The summed E-state index contributed by atoms with van der Waals surface area (Å²) < 4.78 is 19.7. The van der Waals surface area contributed by atoms with Crippen LogP contribution in [-0.4, -0.2) is 45.8 Å². The Kier molecular flexibility index (Phi) is 7.20. The van der Waals surface area contributed by atoms with E-state index in [9.17, 15) is 9.18 Å². The SMILES string of the molecule is CC(C)OCCCNC(=O)CSc1nnc(-c2ccc(F)cc2)n1N. The lowest BCUT2D eigenvalue weighted by Crippen LogP contribution is -2.27. The van der Waals surface area contributed by atoms with Gasteiger partial charge in [-0.1, -0.05) is 11.8 Å². The minimum atomic E-state index is -0.336. The summed E-state index contributed by atoms with van der Waals surface area (Å²) in [6.45, 7) is 5.11. The third-order valence-electron chi connectivity index (χ3n) is 3.19. The number of hydrogen-bond acceptors (Lipinski definition) is 6. The van der Waals surface area contributed by atoms with E-state index in [1.807, 2.05) is 13.8 Å². The predicted molar refractivity (Wildman–Crippen MR) is 95.0 cm³/mol. The Balaban J connectivity index is 1.79. The molecule has 0 aliphatic heterocycles. The van der Waals surface area contributed by atoms with Gasteiger partial charge in [0.1, 0.15) is 5.82 Å². The molecule has 1 amide bonds. The van der Waals surface area contributed by atoms with Gasteiger partial charge < -0.3 is 15.9 Å². The largest absolute Gasteiger partial charge is 0.379 e. The van der Waals surface area contributed by atoms with Crippen molar-refractivity contribution in [2.75, 3.05) is 24.7 Å². The summed E-state index contributed by atoms with van der Waals surface area (Å²) in [5.74, 6) is 6.11. The summed E-state index contributed by atoms with van der Waals surface area (Å²) in [5.41, 5.74) is 0.651. The Bertz CT molecular complexity index is 690. The lowest BCUT2D eigenvalue weighted by Gasteiger charge is -2.08. The number of carbonyl (C=O) groups excluding carboxylic acids is 1. The summed E-state index contributed by atoms with van der Waals surface area (Å²) in [5, 5.41) is 11.2. The molecule has 0 aliphatic rings. The topological polar surface area (TPSA) is 95.1 Å². The molecule has 0 saturated carbocycles. The normalized spacial score (nSPS) is 11.0. The van der Waals surface area contributed by atoms with Gasteiger partial charge in [0, 0.05) is 18.7 Å². The first-order chi connectivity index (χ1) is 12.0. The Morgan fingerprint density at radius 3 is 2.76 bits per heavy atom. The number of thioether (sulfide) groups is 1. The van der Waals surface area contributed by atoms with Gasteiger partial charge in [-0.15, -0.1) is 10.2 Å². The van der Waals surface area contributed by atoms with Gasteiger partial charge >= 0.3 is 0 Å². The fourth-order valence-corrected chi connectivity index (χ4v) is 2.66. The van der Waals surface area contributed by atoms with Crippen LogP contribution in [0.15, 0.2) is 29.4 Å². The highest BCUT2D eigenvalue weighted by Crippen LogP contribution is 2.21. The van der Waals surface area contributed by atoms with Crippen LogP contribution < -0.4 is 11.2 Å². The highest BCUT2D eigenvalue weighted by atomic mass is 32.2. The van der Waals surface area contributed by atoms with Crippen LogP contribution in [0.3, 0.4) is 0 Å². The van der Waals surface area contributed by atoms with Gasteiger partial charge in [0.25, 0.3) is 0 Å². The molecule has 2 rings (SSSR count). The minimum Gasteiger partial charge on any atom is -0.379 e. The molecule has 9 heteroatoms. The molecule has 136 valence electrons. The highest BCUT2D eigenvalue weighted by Gasteiger charge is 2.13. The second kappa shape index (κ2) is 9.38. The van der Waals surface area contributed by atoms with Gasteiger partial charge in [0.15, 0.2) is 5.82 Å². The molecule has 1 aromatic carbocycles. The maximum Gasteiger partial charge on any atom is 0.230 e. The summed E-state index contributed by atoms with van der Waals surface area (Å²) in [4.78, 5) is 11.8. The number of carbonyl (C=O) groups is 1. The molecule has 1 aromatic heterocycles. The molecule has 1 heterocycles. The van der Waals surface area contributed by atoms with E-state index in [2.05, 4.69) is 15.5 Å². The fourth-order valence-electron chi connectivity index (χ4n) is 1.97. The van der Waals surface area contributed by atoms with E-state index >= 15 is 0 Å². The number of nitrogens with two attached hydrogens (primary N) is 1. The van der Waals surface area contributed by atoms with Crippen LogP contribution in [0.5, 0.6) is 0 Å². The van der Waals surface area contributed by atoms with E-state index < -0.39 is 0 Å². The number of rotatable bonds is 9. The molecule has 0 radical (unpaired) electrons. The molecule has 0 fully saturated rings. The van der Waals surface area contributed by atoms with Crippen molar-refractivity contribution in [2.45, 2.75) is 31.5 Å². The first-order valence-corrected chi connectivity index (χ1v) is 8.93. The zero-order valence-electron chi connectivity index (χ0n) is 14.2. The van der Waals surface area contributed by atoms with Crippen molar-refractivity contribution in [1.29, 1.82) is 0 Å². The monoisotopic (exact) mass is 367 g/mol. The lowest BCUT2D eigenvalue weighted by atomic mass is 10.2. The number of ether oxygens (including phenoxy) is 1. The number of nitrogen functional groups attached to an aromatic ring is 1. The minimum absolute atomic E-state index is 0.110. The first kappa shape index (κ1) is 19.2. The molecular weight excluding hydrogens is 345 g/mol. The summed E-state index contributed by atoms with van der Waals surface area (Å²) in [7, 11) is 0. The van der Waals surface area contributed by atoms with Gasteiger partial charge in [-0.25, -0.2) is 9.07 Å². The smallest absolute Gasteiger partial charge is 0.230 e. The summed E-state index contributed by atoms with van der Waals surface area (Å²) in [6, 6.07) is 5.80. The molecule has 7 nitrogen and oxygen atoms in total. The summed E-state index contributed by atoms with van der Waals surface area (Å²) >= 11 is 1.19. The Morgan fingerprint density at radius 1 is 1.36 bits per heavy atom. The van der Waals surface area contributed by atoms with Crippen molar-refractivity contribution >= 4 is 17.7 Å². The van der Waals surface area contributed by atoms with Crippen LogP contribution in [0.25, 0.3) is 11.4 Å². The Morgan fingerprint density at radius 2 is 2.08 bits per heavy atom. The van der Waals surface area contributed by atoms with Crippen molar-refractivity contribution in [3.05, 3.63) is 30.1 Å². The third kappa shape index (κ3) is 6.02. The molecule has 0 atom stereocenters. The molecule has 25 heavy (non-hydrogen) atoms. The standard InChI is InChI=1S/C16H22FN5O2S/c1-11(2)24-9-3-8-19-14(23)10-25-16-21-20-15(22(16)18)12-4-6-13(17)7-5-12/h4-7,11H,3,8-10,18H2,1-2H3,(H,19,23). The average molecular weight is 367 g/mol. The van der Waals surface area contributed by atoms with Crippen molar-refractivity contribution in [3.63, 3.8) is 0 Å². The molecule has 0 unspecified atom stereocenters. The van der Waals surface area contributed by atoms with Crippen molar-refractivity contribution in [3.8, 4) is 11.4 Å². The highest BCUT2D eigenvalue weighted by molar-refractivity contribution is 7.99. The van der Waals surface area contributed by atoms with E-state index in [-0.39, 0.29) is 23.6 Å². The third-order valence-corrected chi connectivity index (χ3v) is 4.14. The van der Waals surface area contributed by atoms with Gasteiger partial charge in [-0.2, -0.15) is 0 Å². The molecule has 0 saturated heterocycles. The van der Waals surface area contributed by atoms with Crippen LogP contribution in [0, 0.1) is 5.82 Å². The second-order valence-electron chi connectivity index (χ2n) is 5.59. The first-order valence-electron chi connectivity index (χ1n) is 7.95. The quantitative estimate of drug-likeness (QED) is 0.399. The maximum atomic E-state index is 13.0. The van der Waals surface area contributed by atoms with E-state index in [4.69, 9.17) is 10.6 Å². The fraction of sp³-hybridized carbons (Fsp3) is 0.438. The van der Waals surface area contributed by atoms with Crippen LogP contribution in [-0.2, 0) is 9.53 Å². The van der Waals surface area contributed by atoms with E-state index in [0.717, 1.165) is 6.42 Å². The number of nitrogens with one attached hydrogen (secondary N) is 1. The van der Waals surface area contributed by atoms with Gasteiger partial charge in [0.05, 0.1) is 11.9 Å². The number of amides is 1. The summed E-state index contributed by atoms with van der Waals surface area (Å²) in [6.07, 6.45) is 0.952. The predicted octanol–water partition coefficient (Wildman–Crippen LogP) is 1.82. The van der Waals surface area contributed by atoms with Crippen LogP contribution in [0.2, 0.25) is 0 Å². The van der Waals surface area contributed by atoms with Crippen molar-refractivity contribution in [2.24, 2.45) is 0 Å². The number of halogens is 1. The number of hydrogen-bond donors (Lipinski definition) is 2. The van der Waals surface area contributed by atoms with Gasteiger partial charge in [-0.3, -0.25) is 4.79 Å². The van der Waals surface area contributed by atoms with Gasteiger partial charge in [0.2, 0.25) is 11.1 Å². The average Bonchev–Trinajstić information content (AvgIpc) is 2.94. The van der Waals surface area contributed by atoms with E-state index in [1.165, 1.54) is 28.6 Å². The van der Waals surface area contributed by atoms with Crippen LogP contribution >= 0.6 is 11.8 Å². The zero-order chi connectivity index (χ0) is 18.2. The molecular formula is C16H22FN5O2S. The van der Waals surface area contributed by atoms with E-state index in [0.29, 0.717) is 29.7 Å². The maximum absolute atomic E-state index is 13.0. The Hall–Kier alpha value is -2.13. The second-order valence-corrected chi connectivity index (χ2v) is 6.54. The van der Waals surface area contributed by atoms with Crippen LogP contribution in [0.1, 0.15) is 20.3 Å². The Labute approximate surface area is 150 Å². The van der Waals surface area contributed by atoms with Gasteiger partial charge in [-0.05, 0) is 44.5 Å². The van der Waals surface area contributed by atoms with Crippen molar-refractivity contribution in [1.82, 2.24) is 20.2 Å². The number of benzene rings is 1.